The van der Waals surface area contributed by atoms with Gasteiger partial charge in [-0.2, -0.15) is 5.26 Å². The Bertz CT molecular complexity index is 575. The third-order valence-corrected chi connectivity index (χ3v) is 3.62. The Morgan fingerprint density at radius 3 is 2.40 bits per heavy atom. The van der Waals surface area contributed by atoms with Crippen molar-refractivity contribution < 1.29 is 9.13 Å². The molecule has 0 aromatic heterocycles. The zero-order chi connectivity index (χ0) is 14.2. The smallest absolute Gasteiger partial charge is 0.123 e. The maximum absolute atomic E-state index is 12.7. The van der Waals surface area contributed by atoms with E-state index in [1.54, 1.807) is 23.9 Å². The lowest BCUT2D eigenvalue weighted by molar-refractivity contribution is 0.344. The van der Waals surface area contributed by atoms with Gasteiger partial charge >= 0.3 is 0 Å². The molecule has 0 atom stereocenters. The van der Waals surface area contributed by atoms with Crippen LogP contribution in [-0.2, 0) is 6.42 Å². The van der Waals surface area contributed by atoms with Gasteiger partial charge in [0.1, 0.15) is 11.6 Å². The summed E-state index contributed by atoms with van der Waals surface area (Å²) in [6.45, 7) is 0.583. The Morgan fingerprint density at radius 1 is 1.05 bits per heavy atom. The van der Waals surface area contributed by atoms with Gasteiger partial charge in [-0.25, -0.2) is 4.39 Å². The second-order valence-electron chi connectivity index (χ2n) is 4.13. The molecule has 20 heavy (non-hydrogen) atoms. The molecule has 2 aromatic rings. The van der Waals surface area contributed by atoms with Crippen molar-refractivity contribution in [1.82, 2.24) is 0 Å². The molecule has 0 aliphatic rings. The lowest BCUT2D eigenvalue weighted by atomic mass is 10.2. The Kier molecular flexibility index (Phi) is 5.45. The maximum atomic E-state index is 12.7. The van der Waals surface area contributed by atoms with Crippen molar-refractivity contribution in [1.29, 1.82) is 5.26 Å². The molecule has 102 valence electrons. The molecule has 0 aliphatic heterocycles. The summed E-state index contributed by atoms with van der Waals surface area (Å²) in [7, 11) is 0. The van der Waals surface area contributed by atoms with Gasteiger partial charge in [0, 0.05) is 10.6 Å². The van der Waals surface area contributed by atoms with Gasteiger partial charge in [-0.1, -0.05) is 12.1 Å². The molecule has 0 N–H and O–H groups in total. The molecule has 0 heterocycles. The Balaban J connectivity index is 1.73. The summed E-state index contributed by atoms with van der Waals surface area (Å²) in [5.74, 6) is 1.38. The first kappa shape index (κ1) is 14.4. The third-order valence-electron chi connectivity index (χ3n) is 2.64. The topological polar surface area (TPSA) is 33.0 Å². The van der Waals surface area contributed by atoms with Crippen molar-refractivity contribution in [2.45, 2.75) is 11.3 Å². The second kappa shape index (κ2) is 7.56. The number of ether oxygens (including phenoxy) is 1. The molecule has 2 rings (SSSR count). The van der Waals surface area contributed by atoms with Crippen LogP contribution < -0.4 is 4.74 Å². The predicted molar refractivity (Wildman–Crippen MR) is 78.4 cm³/mol. The minimum Gasteiger partial charge on any atom is -0.493 e. The summed E-state index contributed by atoms with van der Waals surface area (Å²) >= 11 is 1.62. The van der Waals surface area contributed by atoms with E-state index < -0.39 is 0 Å². The average Bonchev–Trinajstić information content (AvgIpc) is 2.47. The Morgan fingerprint density at radius 2 is 1.75 bits per heavy atom. The first-order valence-electron chi connectivity index (χ1n) is 6.25. The number of hydrogen-bond acceptors (Lipinski definition) is 3. The number of nitriles is 1. The zero-order valence-corrected chi connectivity index (χ0v) is 11.7. The van der Waals surface area contributed by atoms with Crippen molar-refractivity contribution in [3.8, 4) is 11.8 Å². The SMILES string of the molecule is N#CCc1ccc(OCCSc2ccc(F)cc2)cc1. The van der Waals surface area contributed by atoms with E-state index in [0.717, 1.165) is 22.0 Å². The summed E-state index contributed by atoms with van der Waals surface area (Å²) in [6.07, 6.45) is 0.417. The Hall–Kier alpha value is -1.99. The van der Waals surface area contributed by atoms with Crippen LogP contribution in [0.2, 0.25) is 0 Å². The van der Waals surface area contributed by atoms with E-state index in [0.29, 0.717) is 13.0 Å². The van der Waals surface area contributed by atoms with E-state index in [2.05, 4.69) is 6.07 Å². The van der Waals surface area contributed by atoms with Crippen molar-refractivity contribution in [3.63, 3.8) is 0 Å². The summed E-state index contributed by atoms with van der Waals surface area (Å²) in [6, 6.07) is 16.1. The number of rotatable bonds is 6. The fourth-order valence-corrected chi connectivity index (χ4v) is 2.38. The number of hydrogen-bond donors (Lipinski definition) is 0. The molecule has 0 aliphatic carbocycles. The van der Waals surface area contributed by atoms with E-state index in [4.69, 9.17) is 10.00 Å². The minimum absolute atomic E-state index is 0.219. The van der Waals surface area contributed by atoms with Crippen LogP contribution >= 0.6 is 11.8 Å². The van der Waals surface area contributed by atoms with E-state index in [-0.39, 0.29) is 5.82 Å². The molecule has 2 aromatic carbocycles. The van der Waals surface area contributed by atoms with Crippen LogP contribution in [0.25, 0.3) is 0 Å². The van der Waals surface area contributed by atoms with Gasteiger partial charge < -0.3 is 4.74 Å². The van der Waals surface area contributed by atoms with Crippen molar-refractivity contribution in [3.05, 3.63) is 59.9 Å². The lowest BCUT2D eigenvalue weighted by Crippen LogP contribution is -2.00. The van der Waals surface area contributed by atoms with Crippen LogP contribution in [0.4, 0.5) is 4.39 Å². The quantitative estimate of drug-likeness (QED) is 0.593. The summed E-state index contributed by atoms with van der Waals surface area (Å²) in [5, 5.41) is 8.58. The fourth-order valence-electron chi connectivity index (χ4n) is 1.64. The average molecular weight is 287 g/mol. The van der Waals surface area contributed by atoms with Crippen LogP contribution in [0.1, 0.15) is 5.56 Å². The molecule has 0 saturated carbocycles. The van der Waals surface area contributed by atoms with E-state index in [1.165, 1.54) is 12.1 Å². The molecule has 0 bridgehead atoms. The number of thioether (sulfide) groups is 1. The largest absolute Gasteiger partial charge is 0.493 e. The highest BCUT2D eigenvalue weighted by atomic mass is 32.2. The highest BCUT2D eigenvalue weighted by Crippen LogP contribution is 2.18. The highest BCUT2D eigenvalue weighted by Gasteiger charge is 1.98. The molecular formula is C16H14FNOS. The van der Waals surface area contributed by atoms with Crippen LogP contribution in [0.15, 0.2) is 53.4 Å². The summed E-state index contributed by atoms with van der Waals surface area (Å²) in [5.41, 5.74) is 0.987. The molecule has 0 spiro atoms. The van der Waals surface area contributed by atoms with Gasteiger partial charge in [0.2, 0.25) is 0 Å². The van der Waals surface area contributed by atoms with Gasteiger partial charge in [0.25, 0.3) is 0 Å². The summed E-state index contributed by atoms with van der Waals surface area (Å²) < 4.78 is 18.3. The van der Waals surface area contributed by atoms with Gasteiger partial charge in [-0.3, -0.25) is 0 Å². The van der Waals surface area contributed by atoms with E-state index in [1.807, 2.05) is 24.3 Å². The second-order valence-corrected chi connectivity index (χ2v) is 5.30. The van der Waals surface area contributed by atoms with Crippen LogP contribution in [0, 0.1) is 17.1 Å². The van der Waals surface area contributed by atoms with Gasteiger partial charge in [0.15, 0.2) is 0 Å². The molecule has 0 unspecified atom stereocenters. The summed E-state index contributed by atoms with van der Waals surface area (Å²) in [4.78, 5) is 1.03. The highest BCUT2D eigenvalue weighted by molar-refractivity contribution is 7.99. The molecule has 0 saturated heterocycles. The van der Waals surface area contributed by atoms with E-state index >= 15 is 0 Å². The zero-order valence-electron chi connectivity index (χ0n) is 10.9. The van der Waals surface area contributed by atoms with Gasteiger partial charge in [-0.05, 0) is 42.0 Å². The number of nitrogens with zero attached hydrogens (tertiary/aromatic N) is 1. The monoisotopic (exact) mass is 287 g/mol. The van der Waals surface area contributed by atoms with Crippen molar-refractivity contribution >= 4 is 11.8 Å². The first-order valence-corrected chi connectivity index (χ1v) is 7.23. The van der Waals surface area contributed by atoms with Crippen molar-refractivity contribution in [2.75, 3.05) is 12.4 Å². The normalized spacial score (nSPS) is 10.0. The maximum Gasteiger partial charge on any atom is 0.123 e. The molecular weight excluding hydrogens is 273 g/mol. The molecule has 0 fully saturated rings. The predicted octanol–water partition coefficient (Wildman–Crippen LogP) is 4.06. The third kappa shape index (κ3) is 4.60. The van der Waals surface area contributed by atoms with Gasteiger partial charge in [-0.15, -0.1) is 11.8 Å². The van der Waals surface area contributed by atoms with Gasteiger partial charge in [0.05, 0.1) is 19.1 Å². The molecule has 0 amide bonds. The minimum atomic E-state index is -0.219. The van der Waals surface area contributed by atoms with Crippen molar-refractivity contribution in [2.24, 2.45) is 0 Å². The fraction of sp³-hybridized carbons (Fsp3) is 0.188. The number of halogens is 1. The molecule has 4 heteroatoms. The van der Waals surface area contributed by atoms with Crippen LogP contribution in [0.5, 0.6) is 5.75 Å². The Labute approximate surface area is 122 Å². The molecule has 2 nitrogen and oxygen atoms in total. The number of benzene rings is 2. The van der Waals surface area contributed by atoms with Crippen LogP contribution in [-0.4, -0.2) is 12.4 Å². The molecule has 0 radical (unpaired) electrons. The standard InChI is InChI=1S/C16H14FNOS/c17-14-3-7-16(8-4-14)20-12-11-19-15-5-1-13(2-6-15)9-10-18/h1-8H,9,11-12H2. The van der Waals surface area contributed by atoms with Crippen LogP contribution in [0.3, 0.4) is 0 Å². The van der Waals surface area contributed by atoms with E-state index in [9.17, 15) is 4.39 Å². The first-order chi connectivity index (χ1) is 9.78. The lowest BCUT2D eigenvalue weighted by Gasteiger charge is -2.06.